The number of hydrogen-bond donors (Lipinski definition) is 2. The summed E-state index contributed by atoms with van der Waals surface area (Å²) in [7, 11) is 1.56. The van der Waals surface area contributed by atoms with Crippen LogP contribution in [-0.4, -0.2) is 18.1 Å². The normalized spacial score (nSPS) is 10.6. The van der Waals surface area contributed by atoms with Crippen LogP contribution in [0, 0.1) is 13.8 Å². The summed E-state index contributed by atoms with van der Waals surface area (Å²) in [6.45, 7) is 3.77. The number of furan rings is 1. The average Bonchev–Trinajstić information content (AvgIpc) is 3.09. The van der Waals surface area contributed by atoms with Crippen molar-refractivity contribution in [1.29, 1.82) is 0 Å². The van der Waals surface area contributed by atoms with E-state index >= 15 is 0 Å². The lowest BCUT2D eigenvalue weighted by molar-refractivity contribution is 0.102. The molecule has 26 heavy (non-hydrogen) atoms. The van der Waals surface area contributed by atoms with Crippen LogP contribution >= 0.6 is 0 Å². The van der Waals surface area contributed by atoms with Crippen LogP contribution in [0.4, 0.5) is 5.69 Å². The number of rotatable bonds is 5. The molecule has 0 fully saturated rings. The van der Waals surface area contributed by atoms with Crippen LogP contribution in [0.15, 0.2) is 52.9 Å². The Hall–Kier alpha value is -3.05. The molecule has 0 radical (unpaired) electrons. The van der Waals surface area contributed by atoms with Crippen LogP contribution in [0.2, 0.25) is 0 Å². The molecule has 0 aliphatic rings. The number of carbonyl (C=O) groups excluding carboxylic acids is 1. The van der Waals surface area contributed by atoms with Gasteiger partial charge in [-0.2, -0.15) is 0 Å². The SMILES string of the molecule is COc1cc(NC(=O)c2cc(C)cc(C)c2)ccc1-c1ccc(CO)o1. The molecular formula is C21H21NO4. The standard InChI is InChI=1S/C21H21NO4/c1-13-8-14(2)10-15(9-13)21(24)22-16-4-6-18(20(11-16)25-3)19-7-5-17(12-23)26-19/h4-11,23H,12H2,1-3H3,(H,22,24). The Bertz CT molecular complexity index is 923. The van der Waals surface area contributed by atoms with E-state index < -0.39 is 0 Å². The van der Waals surface area contributed by atoms with Crippen molar-refractivity contribution in [3.63, 3.8) is 0 Å². The van der Waals surface area contributed by atoms with Crippen molar-refractivity contribution in [2.24, 2.45) is 0 Å². The monoisotopic (exact) mass is 351 g/mol. The molecule has 0 aliphatic heterocycles. The number of ether oxygens (including phenoxy) is 1. The number of aliphatic hydroxyl groups is 1. The van der Waals surface area contributed by atoms with Gasteiger partial charge in [0.2, 0.25) is 0 Å². The molecule has 2 N–H and O–H groups in total. The van der Waals surface area contributed by atoms with Crippen LogP contribution in [0.5, 0.6) is 5.75 Å². The fourth-order valence-electron chi connectivity index (χ4n) is 2.89. The molecule has 0 bridgehead atoms. The summed E-state index contributed by atoms with van der Waals surface area (Å²) in [5, 5.41) is 12.0. The summed E-state index contributed by atoms with van der Waals surface area (Å²) in [4.78, 5) is 12.5. The van der Waals surface area contributed by atoms with Gasteiger partial charge in [0.05, 0.1) is 12.7 Å². The Morgan fingerprint density at radius 2 is 1.81 bits per heavy atom. The Kier molecular flexibility index (Phi) is 5.09. The summed E-state index contributed by atoms with van der Waals surface area (Å²) in [5.41, 5.74) is 4.07. The molecule has 0 atom stereocenters. The van der Waals surface area contributed by atoms with Gasteiger partial charge < -0.3 is 19.6 Å². The molecule has 0 spiro atoms. The highest BCUT2D eigenvalue weighted by Crippen LogP contribution is 2.33. The smallest absolute Gasteiger partial charge is 0.255 e. The van der Waals surface area contributed by atoms with Crippen molar-refractivity contribution in [1.82, 2.24) is 0 Å². The van der Waals surface area contributed by atoms with Gasteiger partial charge in [0, 0.05) is 17.3 Å². The van der Waals surface area contributed by atoms with E-state index in [1.165, 1.54) is 0 Å². The number of hydrogen-bond acceptors (Lipinski definition) is 4. The number of methoxy groups -OCH3 is 1. The van der Waals surface area contributed by atoms with E-state index in [1.54, 1.807) is 31.4 Å². The van der Waals surface area contributed by atoms with Gasteiger partial charge in [-0.15, -0.1) is 0 Å². The first kappa shape index (κ1) is 17.8. The summed E-state index contributed by atoms with van der Waals surface area (Å²) >= 11 is 0. The Morgan fingerprint density at radius 1 is 1.08 bits per heavy atom. The molecule has 3 aromatic rings. The van der Waals surface area contributed by atoms with E-state index in [-0.39, 0.29) is 12.5 Å². The second kappa shape index (κ2) is 7.45. The zero-order chi connectivity index (χ0) is 18.7. The fraction of sp³-hybridized carbons (Fsp3) is 0.190. The average molecular weight is 351 g/mol. The minimum atomic E-state index is -0.174. The molecule has 1 heterocycles. The van der Waals surface area contributed by atoms with Crippen LogP contribution in [0.3, 0.4) is 0 Å². The van der Waals surface area contributed by atoms with E-state index in [1.807, 2.05) is 38.1 Å². The lowest BCUT2D eigenvalue weighted by Crippen LogP contribution is -2.12. The Balaban J connectivity index is 1.86. The van der Waals surface area contributed by atoms with Crippen molar-refractivity contribution in [3.8, 4) is 17.1 Å². The van der Waals surface area contributed by atoms with Gasteiger partial charge >= 0.3 is 0 Å². The van der Waals surface area contributed by atoms with E-state index in [0.29, 0.717) is 28.5 Å². The van der Waals surface area contributed by atoms with Gasteiger partial charge in [-0.1, -0.05) is 17.2 Å². The molecule has 3 rings (SSSR count). The van der Waals surface area contributed by atoms with E-state index in [9.17, 15) is 4.79 Å². The predicted molar refractivity (Wildman–Crippen MR) is 100 cm³/mol. The summed E-state index contributed by atoms with van der Waals surface area (Å²) < 4.78 is 11.0. The topological polar surface area (TPSA) is 71.7 Å². The molecule has 5 nitrogen and oxygen atoms in total. The maximum absolute atomic E-state index is 12.5. The summed E-state index contributed by atoms with van der Waals surface area (Å²) in [6.07, 6.45) is 0. The number of amides is 1. The second-order valence-electron chi connectivity index (χ2n) is 6.17. The zero-order valence-electron chi connectivity index (χ0n) is 15.0. The van der Waals surface area contributed by atoms with Gasteiger partial charge in [0.1, 0.15) is 23.9 Å². The van der Waals surface area contributed by atoms with Crippen molar-refractivity contribution < 1.29 is 19.1 Å². The summed E-state index contributed by atoms with van der Waals surface area (Å²) in [6, 6.07) is 14.6. The van der Waals surface area contributed by atoms with Crippen molar-refractivity contribution >= 4 is 11.6 Å². The molecule has 0 saturated carbocycles. The molecule has 134 valence electrons. The van der Waals surface area contributed by atoms with Gasteiger partial charge in [0.25, 0.3) is 5.91 Å². The van der Waals surface area contributed by atoms with Gasteiger partial charge in [-0.25, -0.2) is 0 Å². The van der Waals surface area contributed by atoms with Crippen LogP contribution in [-0.2, 0) is 6.61 Å². The van der Waals surface area contributed by atoms with Crippen LogP contribution < -0.4 is 10.1 Å². The molecule has 0 saturated heterocycles. The number of aliphatic hydroxyl groups excluding tert-OH is 1. The first-order valence-electron chi connectivity index (χ1n) is 8.28. The molecule has 0 aliphatic carbocycles. The fourth-order valence-corrected chi connectivity index (χ4v) is 2.89. The lowest BCUT2D eigenvalue weighted by Gasteiger charge is -2.11. The third kappa shape index (κ3) is 3.78. The first-order chi connectivity index (χ1) is 12.5. The number of anilines is 1. The zero-order valence-corrected chi connectivity index (χ0v) is 15.0. The highest BCUT2D eigenvalue weighted by Gasteiger charge is 2.13. The maximum atomic E-state index is 12.5. The largest absolute Gasteiger partial charge is 0.496 e. The highest BCUT2D eigenvalue weighted by atomic mass is 16.5. The Labute approximate surface area is 152 Å². The predicted octanol–water partition coefficient (Wildman–Crippen LogP) is 4.32. The third-order valence-electron chi connectivity index (χ3n) is 4.03. The minimum Gasteiger partial charge on any atom is -0.496 e. The highest BCUT2D eigenvalue weighted by molar-refractivity contribution is 6.04. The quantitative estimate of drug-likeness (QED) is 0.718. The molecule has 2 aromatic carbocycles. The molecule has 5 heteroatoms. The minimum absolute atomic E-state index is 0.160. The number of benzene rings is 2. The van der Waals surface area contributed by atoms with Crippen LogP contribution in [0.25, 0.3) is 11.3 Å². The van der Waals surface area contributed by atoms with Crippen molar-refractivity contribution in [2.75, 3.05) is 12.4 Å². The van der Waals surface area contributed by atoms with Crippen LogP contribution in [0.1, 0.15) is 27.2 Å². The van der Waals surface area contributed by atoms with Gasteiger partial charge in [-0.3, -0.25) is 4.79 Å². The van der Waals surface area contributed by atoms with Crippen molar-refractivity contribution in [3.05, 3.63) is 71.0 Å². The number of carbonyl (C=O) groups is 1. The van der Waals surface area contributed by atoms with Gasteiger partial charge in [0.15, 0.2) is 0 Å². The lowest BCUT2D eigenvalue weighted by atomic mass is 10.1. The van der Waals surface area contributed by atoms with E-state index in [0.717, 1.165) is 16.7 Å². The Morgan fingerprint density at radius 3 is 2.42 bits per heavy atom. The van der Waals surface area contributed by atoms with E-state index in [4.69, 9.17) is 14.3 Å². The molecule has 0 unspecified atom stereocenters. The molecular weight excluding hydrogens is 330 g/mol. The van der Waals surface area contributed by atoms with Crippen molar-refractivity contribution in [2.45, 2.75) is 20.5 Å². The first-order valence-corrected chi connectivity index (χ1v) is 8.28. The molecule has 1 amide bonds. The number of nitrogens with one attached hydrogen (secondary N) is 1. The second-order valence-corrected chi connectivity index (χ2v) is 6.17. The van der Waals surface area contributed by atoms with Gasteiger partial charge in [-0.05, 0) is 50.2 Å². The molecule has 1 aromatic heterocycles. The maximum Gasteiger partial charge on any atom is 0.255 e. The number of aryl methyl sites for hydroxylation is 2. The third-order valence-corrected chi connectivity index (χ3v) is 4.03. The summed E-state index contributed by atoms with van der Waals surface area (Å²) in [5.74, 6) is 1.47. The van der Waals surface area contributed by atoms with E-state index in [2.05, 4.69) is 5.32 Å².